The van der Waals surface area contributed by atoms with Gasteiger partial charge in [0, 0.05) is 24.8 Å². The van der Waals surface area contributed by atoms with Crippen molar-refractivity contribution in [2.75, 3.05) is 13.1 Å². The molecule has 1 atom stereocenters. The minimum Gasteiger partial charge on any atom is -0.354 e. The molecular formula is C23H23FN4O3. The topological polar surface area (TPSA) is 83.4 Å². The fourth-order valence-corrected chi connectivity index (χ4v) is 3.83. The van der Waals surface area contributed by atoms with Crippen molar-refractivity contribution < 1.29 is 18.8 Å². The molecule has 2 N–H and O–H groups in total. The first-order chi connectivity index (χ1) is 14.9. The van der Waals surface area contributed by atoms with Gasteiger partial charge in [0.05, 0.1) is 0 Å². The summed E-state index contributed by atoms with van der Waals surface area (Å²) in [6.07, 6.45) is 2.72. The number of amides is 4. The average Bonchev–Trinajstić information content (AvgIpc) is 3.26. The van der Waals surface area contributed by atoms with Gasteiger partial charge >= 0.3 is 6.03 Å². The number of halogens is 1. The third kappa shape index (κ3) is 4.01. The molecule has 1 fully saturated rings. The highest BCUT2D eigenvalue weighted by atomic mass is 19.1. The predicted octanol–water partition coefficient (Wildman–Crippen LogP) is 2.75. The number of carbonyl (C=O) groups excluding carboxylic acids is 3. The van der Waals surface area contributed by atoms with Crippen molar-refractivity contribution in [3.63, 3.8) is 0 Å². The lowest BCUT2D eigenvalue weighted by Gasteiger charge is -2.22. The summed E-state index contributed by atoms with van der Waals surface area (Å²) < 4.78 is 15.3. The number of fused-ring (bicyclic) bond motifs is 1. The molecule has 4 amide bonds. The number of benzene rings is 2. The van der Waals surface area contributed by atoms with Crippen LogP contribution in [0.25, 0.3) is 10.9 Å². The first-order valence-electron chi connectivity index (χ1n) is 10.1. The van der Waals surface area contributed by atoms with Crippen molar-refractivity contribution in [1.29, 1.82) is 0 Å². The van der Waals surface area contributed by atoms with E-state index in [9.17, 15) is 18.8 Å². The molecule has 2 heterocycles. The Morgan fingerprint density at radius 1 is 1.10 bits per heavy atom. The molecule has 0 bridgehead atoms. The molecule has 2 aromatic carbocycles. The second kappa shape index (κ2) is 8.22. The van der Waals surface area contributed by atoms with E-state index in [-0.39, 0.29) is 6.54 Å². The van der Waals surface area contributed by atoms with Crippen LogP contribution in [0.15, 0.2) is 60.8 Å². The van der Waals surface area contributed by atoms with Gasteiger partial charge in [0.2, 0.25) is 5.91 Å². The minimum atomic E-state index is -1.33. The molecule has 0 aliphatic carbocycles. The lowest BCUT2D eigenvalue weighted by Crippen LogP contribution is -2.43. The highest BCUT2D eigenvalue weighted by molar-refractivity contribution is 6.09. The summed E-state index contributed by atoms with van der Waals surface area (Å²) in [4.78, 5) is 38.4. The number of hydrogen-bond donors (Lipinski definition) is 2. The van der Waals surface area contributed by atoms with Gasteiger partial charge in [0.25, 0.3) is 5.91 Å². The van der Waals surface area contributed by atoms with E-state index in [2.05, 4.69) is 15.2 Å². The van der Waals surface area contributed by atoms with Crippen molar-refractivity contribution in [1.82, 2.24) is 20.1 Å². The summed E-state index contributed by atoms with van der Waals surface area (Å²) in [5.74, 6) is -1.39. The Hall–Kier alpha value is -3.68. The van der Waals surface area contributed by atoms with Crippen LogP contribution in [0, 0.1) is 5.82 Å². The van der Waals surface area contributed by atoms with E-state index in [4.69, 9.17) is 0 Å². The zero-order valence-electron chi connectivity index (χ0n) is 17.1. The number of hydrogen-bond acceptors (Lipinski definition) is 3. The fraction of sp³-hybridized carbons (Fsp3) is 0.261. The van der Waals surface area contributed by atoms with E-state index in [1.165, 1.54) is 24.3 Å². The SMILES string of the molecule is C[C@]1(c2ccc(F)cc2)NC(=O)N(CC(=O)NCCCn2ccc3ccccc32)C1=O. The second-order valence-electron chi connectivity index (χ2n) is 7.72. The number of nitrogens with one attached hydrogen (secondary N) is 2. The molecular weight excluding hydrogens is 399 g/mol. The quantitative estimate of drug-likeness (QED) is 0.454. The first-order valence-corrected chi connectivity index (χ1v) is 10.1. The van der Waals surface area contributed by atoms with Gasteiger partial charge in [-0.15, -0.1) is 0 Å². The molecule has 1 aliphatic heterocycles. The highest BCUT2D eigenvalue weighted by Crippen LogP contribution is 2.28. The van der Waals surface area contributed by atoms with Crippen LogP contribution in [0.2, 0.25) is 0 Å². The van der Waals surface area contributed by atoms with Gasteiger partial charge in [-0.2, -0.15) is 0 Å². The number of aryl methyl sites for hydroxylation is 1. The van der Waals surface area contributed by atoms with E-state index in [0.29, 0.717) is 18.5 Å². The Labute approximate surface area is 178 Å². The van der Waals surface area contributed by atoms with Crippen molar-refractivity contribution in [3.8, 4) is 0 Å². The summed E-state index contributed by atoms with van der Waals surface area (Å²) in [6, 6.07) is 14.8. The van der Waals surface area contributed by atoms with Crippen LogP contribution in [0.3, 0.4) is 0 Å². The van der Waals surface area contributed by atoms with Crippen LogP contribution >= 0.6 is 0 Å². The third-order valence-electron chi connectivity index (χ3n) is 5.58. The van der Waals surface area contributed by atoms with Crippen LogP contribution in [0.4, 0.5) is 9.18 Å². The fourth-order valence-electron chi connectivity index (χ4n) is 3.83. The lowest BCUT2D eigenvalue weighted by molar-refractivity contribution is -0.134. The maximum atomic E-state index is 13.2. The molecule has 8 heteroatoms. The van der Waals surface area contributed by atoms with E-state index in [1.807, 2.05) is 36.5 Å². The van der Waals surface area contributed by atoms with Crippen molar-refractivity contribution in [2.45, 2.75) is 25.4 Å². The van der Waals surface area contributed by atoms with Gasteiger partial charge < -0.3 is 15.2 Å². The average molecular weight is 422 g/mol. The van der Waals surface area contributed by atoms with Crippen LogP contribution < -0.4 is 10.6 Å². The molecule has 7 nitrogen and oxygen atoms in total. The number of carbonyl (C=O) groups is 3. The molecule has 0 radical (unpaired) electrons. The highest BCUT2D eigenvalue weighted by Gasteiger charge is 2.49. The van der Waals surface area contributed by atoms with Crippen molar-refractivity contribution >= 4 is 28.7 Å². The lowest BCUT2D eigenvalue weighted by atomic mass is 9.92. The van der Waals surface area contributed by atoms with Crippen LogP contribution in [-0.2, 0) is 21.7 Å². The molecule has 4 rings (SSSR count). The first kappa shape index (κ1) is 20.6. The molecule has 0 spiro atoms. The molecule has 0 saturated carbocycles. The molecule has 160 valence electrons. The summed E-state index contributed by atoms with van der Waals surface area (Å²) >= 11 is 0. The number of para-hydroxylation sites is 1. The van der Waals surface area contributed by atoms with E-state index in [0.717, 1.165) is 22.3 Å². The van der Waals surface area contributed by atoms with Crippen LogP contribution in [0.5, 0.6) is 0 Å². The molecule has 1 aromatic heterocycles. The molecule has 3 aromatic rings. The van der Waals surface area contributed by atoms with Gasteiger partial charge in [-0.3, -0.25) is 14.5 Å². The number of imide groups is 1. The monoisotopic (exact) mass is 422 g/mol. The number of rotatable bonds is 7. The van der Waals surface area contributed by atoms with Gasteiger partial charge in [0.1, 0.15) is 17.9 Å². The Morgan fingerprint density at radius 3 is 2.61 bits per heavy atom. The second-order valence-corrected chi connectivity index (χ2v) is 7.72. The molecule has 31 heavy (non-hydrogen) atoms. The largest absolute Gasteiger partial charge is 0.354 e. The van der Waals surface area contributed by atoms with Crippen LogP contribution in [-0.4, -0.2) is 40.4 Å². The standard InChI is InChI=1S/C23H23FN4O3/c1-23(17-7-9-18(24)10-8-17)21(30)28(22(31)26-23)15-20(29)25-12-4-13-27-14-11-16-5-2-3-6-19(16)27/h2-3,5-11,14H,4,12-13,15H2,1H3,(H,25,29)(H,26,31)/t23-/m1/s1. The van der Waals surface area contributed by atoms with E-state index >= 15 is 0 Å². The molecule has 0 unspecified atom stereocenters. The maximum absolute atomic E-state index is 13.2. The van der Waals surface area contributed by atoms with Crippen LogP contribution in [0.1, 0.15) is 18.9 Å². The van der Waals surface area contributed by atoms with Gasteiger partial charge in [-0.1, -0.05) is 30.3 Å². The Bertz CT molecular complexity index is 1140. The van der Waals surface area contributed by atoms with Crippen molar-refractivity contribution in [2.24, 2.45) is 0 Å². The zero-order chi connectivity index (χ0) is 22.0. The Morgan fingerprint density at radius 2 is 1.84 bits per heavy atom. The third-order valence-corrected chi connectivity index (χ3v) is 5.58. The van der Waals surface area contributed by atoms with E-state index in [1.54, 1.807) is 6.92 Å². The molecule has 1 aliphatic rings. The van der Waals surface area contributed by atoms with E-state index < -0.39 is 29.2 Å². The number of nitrogens with zero attached hydrogens (tertiary/aromatic N) is 2. The number of urea groups is 1. The smallest absolute Gasteiger partial charge is 0.325 e. The van der Waals surface area contributed by atoms with Gasteiger partial charge in [-0.25, -0.2) is 9.18 Å². The maximum Gasteiger partial charge on any atom is 0.325 e. The molecule has 1 saturated heterocycles. The zero-order valence-corrected chi connectivity index (χ0v) is 17.1. The predicted molar refractivity (Wildman–Crippen MR) is 114 cm³/mol. The summed E-state index contributed by atoms with van der Waals surface area (Å²) in [5, 5.41) is 6.53. The summed E-state index contributed by atoms with van der Waals surface area (Å²) in [7, 11) is 0. The van der Waals surface area contributed by atoms with Gasteiger partial charge in [-0.05, 0) is 48.6 Å². The van der Waals surface area contributed by atoms with Gasteiger partial charge in [0.15, 0.2) is 0 Å². The van der Waals surface area contributed by atoms with Crippen molar-refractivity contribution in [3.05, 3.63) is 72.2 Å². The number of aromatic nitrogens is 1. The minimum absolute atomic E-state index is 0.367. The summed E-state index contributed by atoms with van der Waals surface area (Å²) in [5.41, 5.74) is 0.253. The Kier molecular flexibility index (Phi) is 5.46. The summed E-state index contributed by atoms with van der Waals surface area (Å²) in [6.45, 7) is 2.33. The Balaban J connectivity index is 1.30. The normalized spacial score (nSPS) is 18.5.